The van der Waals surface area contributed by atoms with Crippen LogP contribution < -0.4 is 0 Å². The smallest absolute Gasteiger partial charge is 0.315 e. The van der Waals surface area contributed by atoms with Gasteiger partial charge in [0.2, 0.25) is 0 Å². The number of rotatable bonds is 7. The van der Waals surface area contributed by atoms with E-state index in [0.29, 0.717) is 5.92 Å². The van der Waals surface area contributed by atoms with E-state index in [4.69, 9.17) is 22.8 Å². The molecule has 0 aromatic rings. The van der Waals surface area contributed by atoms with E-state index in [-0.39, 0.29) is 23.3 Å². The van der Waals surface area contributed by atoms with Crippen molar-refractivity contribution in [3.8, 4) is 0 Å². The third-order valence-electron chi connectivity index (χ3n) is 10.1. The quantitative estimate of drug-likeness (QED) is 0.211. The van der Waals surface area contributed by atoms with E-state index in [0.717, 1.165) is 25.7 Å². The second kappa shape index (κ2) is 8.86. The first-order chi connectivity index (χ1) is 17.7. The molecule has 1 aliphatic heterocycles. The summed E-state index contributed by atoms with van der Waals surface area (Å²) in [7, 11) is -5.03. The molecule has 0 aromatic carbocycles. The monoisotopic (exact) mass is 594 g/mol. The Balaban J connectivity index is 1.82. The minimum Gasteiger partial charge on any atom is -0.469 e. The van der Waals surface area contributed by atoms with Gasteiger partial charge in [-0.1, -0.05) is 12.2 Å². The summed E-state index contributed by atoms with van der Waals surface area (Å²) >= 11 is 0. The summed E-state index contributed by atoms with van der Waals surface area (Å²) in [5.41, 5.74) is -1.17. The predicted octanol–water partition coefficient (Wildman–Crippen LogP) is 5.74. The molecule has 4 saturated carbocycles. The first-order valence-corrected chi connectivity index (χ1v) is 25.0. The number of hydrogen-bond acceptors (Lipinski definition) is 7. The van der Waals surface area contributed by atoms with Gasteiger partial charge in [0, 0.05) is 11.8 Å². The lowest BCUT2D eigenvalue weighted by atomic mass is 9.57. The van der Waals surface area contributed by atoms with Gasteiger partial charge in [-0.3, -0.25) is 9.59 Å². The van der Waals surface area contributed by atoms with Gasteiger partial charge in [0.05, 0.1) is 25.2 Å². The maximum atomic E-state index is 14.4. The van der Waals surface area contributed by atoms with Crippen LogP contribution in [0.25, 0.3) is 0 Å². The van der Waals surface area contributed by atoms with Crippen molar-refractivity contribution in [1.29, 1.82) is 0 Å². The second-order valence-electron chi connectivity index (χ2n) is 16.1. The van der Waals surface area contributed by atoms with Crippen LogP contribution in [-0.4, -0.2) is 67.9 Å². The Hall–Kier alpha value is -0.789. The summed E-state index contributed by atoms with van der Waals surface area (Å²) in [5, 5.41) is 0. The standard InChI is InChI=1S/C29H50O7Si3/c1-17-15-28-16-18(17)13-14-19(28)29-22(20(28)25(30)32-3)27(2,26(31)33-29)23(35-38(7,8)9)21(34-37(4,5)6)24(29)36-39(10,11)12/h18-24H,1,13-16H2,2-12H3/t18-,19?,20?,21-,22?,23+,24-,27?,28+,29-/m1/s1. The van der Waals surface area contributed by atoms with Gasteiger partial charge in [-0.15, -0.1) is 0 Å². The van der Waals surface area contributed by atoms with Crippen molar-refractivity contribution in [1.82, 2.24) is 0 Å². The van der Waals surface area contributed by atoms with E-state index in [2.05, 4.69) is 65.5 Å². The maximum absolute atomic E-state index is 14.4. The molecule has 220 valence electrons. The summed E-state index contributed by atoms with van der Waals surface area (Å²) in [5.74, 6) is -1.05. The molecule has 10 heteroatoms. The molecule has 10 atom stereocenters. The highest BCUT2D eigenvalue weighted by molar-refractivity contribution is 6.70. The van der Waals surface area contributed by atoms with Crippen molar-refractivity contribution in [2.45, 2.75) is 115 Å². The number of carbonyl (C=O) groups excluding carboxylic acids is 2. The van der Waals surface area contributed by atoms with Crippen molar-refractivity contribution >= 4 is 36.9 Å². The zero-order valence-electron chi connectivity index (χ0n) is 25.9. The SMILES string of the molecule is C=C1C[C@]23C[C@H]1CCC2[C@@]12OC(=O)C(C)(C1C3C(=O)OC)[C@@H](O[Si](C)(C)C)[C@@H](O[Si](C)(C)C)[C@H]2O[Si](C)(C)C. The van der Waals surface area contributed by atoms with E-state index in [1.165, 1.54) is 12.7 Å². The van der Waals surface area contributed by atoms with Gasteiger partial charge in [-0.25, -0.2) is 0 Å². The lowest BCUT2D eigenvalue weighted by Crippen LogP contribution is -2.72. The van der Waals surface area contributed by atoms with E-state index in [1.807, 2.05) is 6.92 Å². The number of fused-ring (bicyclic) bond motifs is 1. The Morgan fingerprint density at radius 3 is 2.03 bits per heavy atom. The molecule has 1 heterocycles. The summed E-state index contributed by atoms with van der Waals surface area (Å²) < 4.78 is 33.6. The molecule has 7 nitrogen and oxygen atoms in total. The van der Waals surface area contributed by atoms with Crippen LogP contribution in [0.1, 0.15) is 32.6 Å². The van der Waals surface area contributed by atoms with Gasteiger partial charge < -0.3 is 22.8 Å². The average Bonchev–Trinajstić information content (AvgIpc) is 3.25. The van der Waals surface area contributed by atoms with Crippen LogP contribution in [0.15, 0.2) is 12.2 Å². The number of carbonyl (C=O) groups is 2. The van der Waals surface area contributed by atoms with Crippen LogP contribution in [0, 0.1) is 34.5 Å². The van der Waals surface area contributed by atoms with Gasteiger partial charge in [-0.05, 0) is 103 Å². The molecule has 39 heavy (non-hydrogen) atoms. The molecule has 5 rings (SSSR count). The molecule has 0 aromatic heterocycles. The molecule has 4 unspecified atom stereocenters. The molecule has 0 amide bonds. The minimum absolute atomic E-state index is 0.0257. The Kier molecular flexibility index (Phi) is 6.75. The van der Waals surface area contributed by atoms with E-state index in [1.54, 1.807) is 0 Å². The van der Waals surface area contributed by atoms with Crippen molar-refractivity contribution in [2.75, 3.05) is 7.11 Å². The van der Waals surface area contributed by atoms with Gasteiger partial charge in [0.15, 0.2) is 25.0 Å². The number of esters is 2. The molecule has 1 spiro atoms. The lowest BCUT2D eigenvalue weighted by Gasteiger charge is -2.56. The van der Waals surface area contributed by atoms with Crippen LogP contribution >= 0.6 is 0 Å². The van der Waals surface area contributed by atoms with E-state index < -0.39 is 66.1 Å². The highest BCUT2D eigenvalue weighted by Crippen LogP contribution is 2.78. The maximum Gasteiger partial charge on any atom is 0.315 e. The van der Waals surface area contributed by atoms with Crippen LogP contribution in [0.3, 0.4) is 0 Å². The Bertz CT molecular complexity index is 1070. The molecule has 5 fully saturated rings. The second-order valence-corrected chi connectivity index (χ2v) is 29.5. The van der Waals surface area contributed by atoms with Crippen LogP contribution in [0.4, 0.5) is 0 Å². The number of allylic oxidation sites excluding steroid dienone is 1. The molecule has 1 saturated heterocycles. The normalized spacial score (nSPS) is 45.2. The third-order valence-corrected chi connectivity index (χ3v) is 13.0. The van der Waals surface area contributed by atoms with Crippen molar-refractivity contribution < 1.29 is 32.3 Å². The number of ether oxygens (including phenoxy) is 2. The lowest BCUT2D eigenvalue weighted by molar-refractivity contribution is -0.203. The van der Waals surface area contributed by atoms with Crippen molar-refractivity contribution in [3.63, 3.8) is 0 Å². The van der Waals surface area contributed by atoms with Crippen LogP contribution in [0.5, 0.6) is 0 Å². The fourth-order valence-electron chi connectivity index (χ4n) is 9.38. The molecular formula is C29H50O7Si3. The molecular weight excluding hydrogens is 545 g/mol. The van der Waals surface area contributed by atoms with Gasteiger partial charge in [-0.2, -0.15) is 0 Å². The van der Waals surface area contributed by atoms with Gasteiger partial charge in [0.25, 0.3) is 0 Å². The zero-order chi connectivity index (χ0) is 29.1. The number of methoxy groups -OCH3 is 1. The molecule has 0 N–H and O–H groups in total. The highest BCUT2D eigenvalue weighted by atomic mass is 28.4. The Labute approximate surface area is 238 Å². The predicted molar refractivity (Wildman–Crippen MR) is 158 cm³/mol. The fraction of sp³-hybridized carbons (Fsp3) is 0.862. The summed E-state index contributed by atoms with van der Waals surface area (Å²) in [4.78, 5) is 28.3. The molecule has 0 radical (unpaired) electrons. The Morgan fingerprint density at radius 1 is 0.923 bits per heavy atom. The van der Waals surface area contributed by atoms with Gasteiger partial charge >= 0.3 is 11.9 Å². The Morgan fingerprint density at radius 2 is 1.49 bits per heavy atom. The van der Waals surface area contributed by atoms with Crippen LogP contribution in [-0.2, 0) is 32.3 Å². The average molecular weight is 595 g/mol. The van der Waals surface area contributed by atoms with Crippen molar-refractivity contribution in [2.24, 2.45) is 34.5 Å². The zero-order valence-corrected chi connectivity index (χ0v) is 28.9. The largest absolute Gasteiger partial charge is 0.469 e. The summed E-state index contributed by atoms with van der Waals surface area (Å²) in [6.07, 6.45) is 1.99. The summed E-state index contributed by atoms with van der Waals surface area (Å²) in [6, 6.07) is 0. The topological polar surface area (TPSA) is 80.3 Å². The van der Waals surface area contributed by atoms with Crippen molar-refractivity contribution in [3.05, 3.63) is 12.2 Å². The molecule has 4 aliphatic carbocycles. The minimum atomic E-state index is -2.19. The van der Waals surface area contributed by atoms with Gasteiger partial charge in [0.1, 0.15) is 17.1 Å². The number of hydrogen-bond donors (Lipinski definition) is 0. The first kappa shape index (κ1) is 29.7. The molecule has 5 aliphatic rings. The first-order valence-electron chi connectivity index (χ1n) is 14.7. The van der Waals surface area contributed by atoms with Crippen LogP contribution in [0.2, 0.25) is 58.9 Å². The third kappa shape index (κ3) is 4.25. The summed E-state index contributed by atoms with van der Waals surface area (Å²) in [6.45, 7) is 26.0. The highest BCUT2D eigenvalue weighted by Gasteiger charge is 2.88. The van der Waals surface area contributed by atoms with E-state index in [9.17, 15) is 9.59 Å². The fourth-order valence-corrected chi connectivity index (χ4v) is 12.7. The van der Waals surface area contributed by atoms with E-state index >= 15 is 0 Å². The molecule has 4 bridgehead atoms.